The number of rotatable bonds is 13. The lowest BCUT2D eigenvalue weighted by atomic mass is 10.2. The molecule has 1 unspecified atom stereocenters. The summed E-state index contributed by atoms with van der Waals surface area (Å²) in [4.78, 5) is 4.13. The van der Waals surface area contributed by atoms with Crippen LogP contribution >= 0.6 is 35.0 Å². The predicted octanol–water partition coefficient (Wildman–Crippen LogP) is 6.48. The first-order valence-corrected chi connectivity index (χ1v) is 11.1. The molecule has 0 bridgehead atoms. The van der Waals surface area contributed by atoms with E-state index < -0.39 is 0 Å². The van der Waals surface area contributed by atoms with Gasteiger partial charge in [-0.3, -0.25) is 0 Å². The molecule has 0 saturated heterocycles. The molecule has 0 radical (unpaired) electrons. The number of benzene rings is 1. The Labute approximate surface area is 171 Å². The van der Waals surface area contributed by atoms with Crippen molar-refractivity contribution in [2.24, 2.45) is 0 Å². The van der Waals surface area contributed by atoms with Crippen molar-refractivity contribution in [1.82, 2.24) is 9.55 Å². The minimum absolute atomic E-state index is 0.370. The average molecular weight is 415 g/mol. The molecule has 6 heteroatoms. The average Bonchev–Trinajstić information content (AvgIpc) is 3.14. The van der Waals surface area contributed by atoms with Crippen LogP contribution in [0.25, 0.3) is 0 Å². The monoisotopic (exact) mass is 414 g/mol. The topological polar surface area (TPSA) is 27.1 Å². The molecule has 2 rings (SSSR count). The predicted molar refractivity (Wildman–Crippen MR) is 113 cm³/mol. The number of hydrogen-bond acceptors (Lipinski definition) is 3. The van der Waals surface area contributed by atoms with Gasteiger partial charge in [0.2, 0.25) is 0 Å². The zero-order valence-electron chi connectivity index (χ0n) is 15.4. The van der Waals surface area contributed by atoms with Crippen molar-refractivity contribution < 1.29 is 4.74 Å². The maximum atomic E-state index is 6.12. The van der Waals surface area contributed by atoms with E-state index in [2.05, 4.69) is 16.5 Å². The molecule has 1 aromatic heterocycles. The van der Waals surface area contributed by atoms with E-state index >= 15 is 0 Å². The van der Waals surface area contributed by atoms with Crippen LogP contribution in [0.5, 0.6) is 0 Å². The van der Waals surface area contributed by atoms with Gasteiger partial charge in [-0.25, -0.2) is 4.98 Å². The fraction of sp³-hybridized carbons (Fsp3) is 0.550. The molecule has 3 nitrogen and oxygen atoms in total. The molecule has 26 heavy (non-hydrogen) atoms. The molecule has 0 aliphatic heterocycles. The molecular weight excluding hydrogens is 387 g/mol. The van der Waals surface area contributed by atoms with Crippen LogP contribution in [0.4, 0.5) is 0 Å². The van der Waals surface area contributed by atoms with E-state index in [1.54, 1.807) is 0 Å². The molecular formula is C20H28Cl2N2OS. The zero-order chi connectivity index (χ0) is 18.6. The number of nitrogens with zero attached hydrogens (tertiary/aromatic N) is 2. The Kier molecular flexibility index (Phi) is 10.5. The van der Waals surface area contributed by atoms with Crippen molar-refractivity contribution in [2.45, 2.75) is 56.6 Å². The number of aromatic nitrogens is 2. The molecule has 1 atom stereocenters. The molecule has 1 heterocycles. The Morgan fingerprint density at radius 3 is 2.73 bits per heavy atom. The summed E-state index contributed by atoms with van der Waals surface area (Å²) < 4.78 is 8.06. The van der Waals surface area contributed by atoms with Gasteiger partial charge in [-0.2, -0.15) is 0 Å². The van der Waals surface area contributed by atoms with Crippen molar-refractivity contribution in [3.63, 3.8) is 0 Å². The van der Waals surface area contributed by atoms with E-state index in [9.17, 15) is 0 Å². The summed E-state index contributed by atoms with van der Waals surface area (Å²) in [5.74, 6) is 0.885. The molecule has 0 spiro atoms. The fourth-order valence-electron chi connectivity index (χ4n) is 2.65. The van der Waals surface area contributed by atoms with E-state index in [0.717, 1.165) is 31.9 Å². The molecule has 0 fully saturated rings. The highest BCUT2D eigenvalue weighted by atomic mass is 35.5. The van der Waals surface area contributed by atoms with Crippen LogP contribution in [0.15, 0.2) is 36.9 Å². The van der Waals surface area contributed by atoms with Gasteiger partial charge in [0.15, 0.2) is 0 Å². The third-order valence-corrected chi connectivity index (χ3v) is 6.13. The van der Waals surface area contributed by atoms with Gasteiger partial charge in [0.1, 0.15) is 0 Å². The van der Waals surface area contributed by atoms with Crippen LogP contribution in [-0.2, 0) is 17.0 Å². The van der Waals surface area contributed by atoms with Crippen LogP contribution in [0.3, 0.4) is 0 Å². The first-order valence-electron chi connectivity index (χ1n) is 9.28. The van der Waals surface area contributed by atoms with Crippen LogP contribution in [0, 0.1) is 0 Å². The largest absolute Gasteiger partial charge is 0.380 e. The summed E-state index contributed by atoms with van der Waals surface area (Å²) in [6, 6.07) is 5.83. The summed E-state index contributed by atoms with van der Waals surface area (Å²) >= 11 is 14.0. The number of halogens is 2. The van der Waals surface area contributed by atoms with Gasteiger partial charge >= 0.3 is 0 Å². The lowest BCUT2D eigenvalue weighted by Crippen LogP contribution is -2.19. The second-order valence-electron chi connectivity index (χ2n) is 6.43. The van der Waals surface area contributed by atoms with Gasteiger partial charge in [-0.1, -0.05) is 61.9 Å². The maximum Gasteiger partial charge on any atom is 0.0946 e. The molecule has 144 valence electrons. The highest BCUT2D eigenvalue weighted by molar-refractivity contribution is 7.99. The summed E-state index contributed by atoms with van der Waals surface area (Å²) in [6.45, 7) is 4.72. The SMILES string of the molecule is CCCCCCCOCC(Cn1ccnc1)SCc1ccc(Cl)c(Cl)c1. The molecule has 0 N–H and O–H groups in total. The Morgan fingerprint density at radius 1 is 1.15 bits per heavy atom. The molecule has 2 aromatic rings. The van der Waals surface area contributed by atoms with Crippen molar-refractivity contribution in [3.8, 4) is 0 Å². The number of hydrogen-bond donors (Lipinski definition) is 0. The zero-order valence-corrected chi connectivity index (χ0v) is 17.7. The van der Waals surface area contributed by atoms with Crippen LogP contribution in [0.1, 0.15) is 44.6 Å². The lowest BCUT2D eigenvalue weighted by molar-refractivity contribution is 0.128. The first-order chi connectivity index (χ1) is 12.7. The standard InChI is InChI=1S/C20H28Cl2N2OS/c1-2-3-4-5-6-11-25-14-18(13-24-10-9-23-16-24)26-15-17-7-8-19(21)20(22)12-17/h7-10,12,16,18H,2-6,11,13-15H2,1H3. The van der Waals surface area contributed by atoms with Gasteiger partial charge in [0, 0.05) is 36.5 Å². The van der Waals surface area contributed by atoms with Crippen molar-refractivity contribution in [2.75, 3.05) is 13.2 Å². The quantitative estimate of drug-likeness (QED) is 0.351. The molecule has 1 aromatic carbocycles. The van der Waals surface area contributed by atoms with Crippen LogP contribution in [-0.4, -0.2) is 28.0 Å². The van der Waals surface area contributed by atoms with Crippen molar-refractivity contribution in [1.29, 1.82) is 0 Å². The lowest BCUT2D eigenvalue weighted by Gasteiger charge is -2.18. The summed E-state index contributed by atoms with van der Waals surface area (Å²) in [6.07, 6.45) is 12.0. The van der Waals surface area contributed by atoms with E-state index in [4.69, 9.17) is 27.9 Å². The second kappa shape index (κ2) is 12.7. The Hall–Kier alpha value is -0.680. The number of thioether (sulfide) groups is 1. The molecule has 0 aliphatic rings. The second-order valence-corrected chi connectivity index (χ2v) is 8.53. The Morgan fingerprint density at radius 2 is 2.00 bits per heavy atom. The first kappa shape index (κ1) is 21.6. The molecule has 0 amide bonds. The molecule has 0 aliphatic carbocycles. The van der Waals surface area contributed by atoms with Crippen molar-refractivity contribution >= 4 is 35.0 Å². The smallest absolute Gasteiger partial charge is 0.0946 e. The Balaban J connectivity index is 1.78. The van der Waals surface area contributed by atoms with E-state index in [1.165, 1.54) is 31.2 Å². The number of unbranched alkanes of at least 4 members (excludes halogenated alkanes) is 4. The van der Waals surface area contributed by atoms with Gasteiger partial charge < -0.3 is 9.30 Å². The van der Waals surface area contributed by atoms with E-state index in [1.807, 2.05) is 48.7 Å². The third kappa shape index (κ3) is 8.34. The van der Waals surface area contributed by atoms with Crippen LogP contribution < -0.4 is 0 Å². The normalized spacial score (nSPS) is 12.4. The van der Waals surface area contributed by atoms with Gasteiger partial charge in [0.25, 0.3) is 0 Å². The number of imidazole rings is 1. The Bertz CT molecular complexity index is 622. The van der Waals surface area contributed by atoms with Gasteiger partial charge in [0.05, 0.1) is 23.0 Å². The highest BCUT2D eigenvalue weighted by Gasteiger charge is 2.12. The third-order valence-electron chi connectivity index (χ3n) is 4.14. The summed E-state index contributed by atoms with van der Waals surface area (Å²) in [5.41, 5.74) is 1.18. The minimum Gasteiger partial charge on any atom is -0.380 e. The van der Waals surface area contributed by atoms with Gasteiger partial charge in [-0.05, 0) is 24.1 Å². The summed E-state index contributed by atoms with van der Waals surface area (Å²) in [7, 11) is 0. The van der Waals surface area contributed by atoms with Crippen LogP contribution in [0.2, 0.25) is 10.0 Å². The minimum atomic E-state index is 0.370. The highest BCUT2D eigenvalue weighted by Crippen LogP contribution is 2.26. The van der Waals surface area contributed by atoms with E-state index in [0.29, 0.717) is 15.3 Å². The van der Waals surface area contributed by atoms with Gasteiger partial charge in [-0.15, -0.1) is 11.8 Å². The van der Waals surface area contributed by atoms with E-state index in [-0.39, 0.29) is 0 Å². The maximum absolute atomic E-state index is 6.12. The summed E-state index contributed by atoms with van der Waals surface area (Å²) in [5, 5.41) is 1.58. The molecule has 0 saturated carbocycles. The number of ether oxygens (including phenoxy) is 1. The fourth-order valence-corrected chi connectivity index (χ4v) is 4.05. The van der Waals surface area contributed by atoms with Crippen molar-refractivity contribution in [3.05, 3.63) is 52.5 Å².